The molecule has 0 aliphatic heterocycles. The topological polar surface area (TPSA) is 81.4 Å². The highest BCUT2D eigenvalue weighted by Gasteiger charge is 2.11. The van der Waals surface area contributed by atoms with E-state index in [4.69, 9.17) is 4.74 Å². The van der Waals surface area contributed by atoms with Crippen LogP contribution >= 0.6 is 0 Å². The van der Waals surface area contributed by atoms with Crippen molar-refractivity contribution >= 4 is 23.7 Å². The lowest BCUT2D eigenvalue weighted by Gasteiger charge is -2.03. The number of anilines is 1. The fraction of sp³-hybridized carbons (Fsp3) is 0.0476. The minimum atomic E-state index is -0.344. The minimum Gasteiger partial charge on any atom is -0.496 e. The van der Waals surface area contributed by atoms with Gasteiger partial charge in [-0.3, -0.25) is 10.1 Å². The molecule has 0 bridgehead atoms. The molecule has 0 saturated heterocycles. The molecule has 0 unspecified atom stereocenters. The van der Waals surface area contributed by atoms with Gasteiger partial charge in [-0.05, 0) is 18.2 Å². The van der Waals surface area contributed by atoms with Crippen molar-refractivity contribution in [1.82, 2.24) is 19.6 Å². The molecule has 0 aliphatic carbocycles. The molecular weight excluding hydrogens is 354 g/mol. The zero-order chi connectivity index (χ0) is 19.3. The van der Waals surface area contributed by atoms with Gasteiger partial charge in [0.25, 0.3) is 17.6 Å². The maximum absolute atomic E-state index is 12.3. The number of carbonyl (C=O) groups excluding carboxylic acids is 1. The van der Waals surface area contributed by atoms with Crippen LogP contribution in [-0.2, 0) is 4.79 Å². The van der Waals surface area contributed by atoms with Gasteiger partial charge < -0.3 is 4.74 Å². The fourth-order valence-corrected chi connectivity index (χ4v) is 2.80. The average Bonchev–Trinajstić information content (AvgIpc) is 3.15. The van der Waals surface area contributed by atoms with Gasteiger partial charge in [-0.1, -0.05) is 48.5 Å². The molecule has 0 fully saturated rings. The Balaban J connectivity index is 1.57. The molecule has 0 radical (unpaired) electrons. The summed E-state index contributed by atoms with van der Waals surface area (Å²) in [5.41, 5.74) is 2.62. The van der Waals surface area contributed by atoms with Crippen LogP contribution in [0.3, 0.4) is 0 Å². The highest BCUT2D eigenvalue weighted by atomic mass is 16.5. The molecule has 0 saturated carbocycles. The first kappa shape index (κ1) is 17.4. The van der Waals surface area contributed by atoms with Crippen molar-refractivity contribution in [2.45, 2.75) is 0 Å². The third-order valence-corrected chi connectivity index (χ3v) is 4.10. The van der Waals surface area contributed by atoms with Gasteiger partial charge in [0.15, 0.2) is 0 Å². The number of carbonyl (C=O) groups is 1. The van der Waals surface area contributed by atoms with E-state index in [0.29, 0.717) is 11.5 Å². The highest BCUT2D eigenvalue weighted by Crippen LogP contribution is 2.20. The number of nitrogens with zero attached hydrogens (tertiary/aromatic N) is 4. The Hall–Kier alpha value is -4.00. The van der Waals surface area contributed by atoms with Crippen LogP contribution in [0, 0.1) is 0 Å². The van der Waals surface area contributed by atoms with E-state index in [-0.39, 0.29) is 11.9 Å². The molecule has 1 amide bonds. The summed E-state index contributed by atoms with van der Waals surface area (Å²) in [6.07, 6.45) is 4.76. The summed E-state index contributed by atoms with van der Waals surface area (Å²) in [5.74, 6) is 0.938. The molecule has 0 aliphatic rings. The van der Waals surface area contributed by atoms with Gasteiger partial charge in [-0.2, -0.15) is 9.50 Å². The number of methoxy groups -OCH3 is 1. The van der Waals surface area contributed by atoms with E-state index in [2.05, 4.69) is 20.4 Å². The van der Waals surface area contributed by atoms with Crippen molar-refractivity contribution < 1.29 is 9.53 Å². The number of amides is 1. The zero-order valence-corrected chi connectivity index (χ0v) is 15.1. The smallest absolute Gasteiger partial charge is 0.254 e. The predicted molar refractivity (Wildman–Crippen MR) is 107 cm³/mol. The van der Waals surface area contributed by atoms with Crippen molar-refractivity contribution in [3.8, 4) is 17.0 Å². The van der Waals surface area contributed by atoms with Crippen LogP contribution in [0.25, 0.3) is 23.1 Å². The Morgan fingerprint density at radius 3 is 2.68 bits per heavy atom. The van der Waals surface area contributed by atoms with Crippen LogP contribution in [0.2, 0.25) is 0 Å². The first-order valence-electron chi connectivity index (χ1n) is 8.64. The molecule has 138 valence electrons. The number of hydrogen-bond donors (Lipinski definition) is 1. The first-order valence-corrected chi connectivity index (χ1v) is 8.64. The molecule has 7 heteroatoms. The van der Waals surface area contributed by atoms with E-state index in [1.165, 1.54) is 6.08 Å². The summed E-state index contributed by atoms with van der Waals surface area (Å²) in [4.78, 5) is 20.8. The number of para-hydroxylation sites is 1. The van der Waals surface area contributed by atoms with Gasteiger partial charge in [0.05, 0.1) is 12.8 Å². The number of nitrogens with one attached hydrogen (secondary N) is 1. The zero-order valence-electron chi connectivity index (χ0n) is 15.1. The third-order valence-electron chi connectivity index (χ3n) is 4.10. The normalized spacial score (nSPS) is 11.0. The molecule has 2 heterocycles. The second-order valence-corrected chi connectivity index (χ2v) is 5.91. The maximum Gasteiger partial charge on any atom is 0.254 e. The number of benzene rings is 2. The van der Waals surface area contributed by atoms with Gasteiger partial charge >= 0.3 is 0 Å². The number of fused-ring (bicyclic) bond motifs is 1. The molecule has 28 heavy (non-hydrogen) atoms. The van der Waals surface area contributed by atoms with Crippen LogP contribution in [0.15, 0.2) is 72.9 Å². The molecule has 2 aromatic carbocycles. The van der Waals surface area contributed by atoms with E-state index in [1.54, 1.807) is 23.9 Å². The fourth-order valence-electron chi connectivity index (χ4n) is 2.80. The van der Waals surface area contributed by atoms with E-state index < -0.39 is 0 Å². The van der Waals surface area contributed by atoms with Gasteiger partial charge in [-0.25, -0.2) is 4.98 Å². The largest absolute Gasteiger partial charge is 0.496 e. The van der Waals surface area contributed by atoms with E-state index in [1.807, 2.05) is 60.7 Å². The average molecular weight is 371 g/mol. The minimum absolute atomic E-state index is 0.186. The van der Waals surface area contributed by atoms with E-state index in [9.17, 15) is 4.79 Å². The Kier molecular flexibility index (Phi) is 4.79. The Morgan fingerprint density at radius 2 is 1.86 bits per heavy atom. The van der Waals surface area contributed by atoms with Crippen LogP contribution in [0.4, 0.5) is 5.95 Å². The lowest BCUT2D eigenvalue weighted by Crippen LogP contribution is -2.09. The highest BCUT2D eigenvalue weighted by molar-refractivity contribution is 6.01. The second kappa shape index (κ2) is 7.71. The lowest BCUT2D eigenvalue weighted by molar-refractivity contribution is -0.111. The number of hydrogen-bond acceptors (Lipinski definition) is 5. The molecular formula is C21H17N5O2. The number of aromatic nitrogens is 4. The first-order chi connectivity index (χ1) is 13.7. The number of ether oxygens (including phenoxy) is 1. The Bertz CT molecular complexity index is 1150. The monoisotopic (exact) mass is 371 g/mol. The second-order valence-electron chi connectivity index (χ2n) is 5.91. The molecule has 4 aromatic rings. The summed E-state index contributed by atoms with van der Waals surface area (Å²) in [6, 6.07) is 19.1. The van der Waals surface area contributed by atoms with Gasteiger partial charge in [-0.15, -0.1) is 5.10 Å². The van der Waals surface area contributed by atoms with Crippen molar-refractivity contribution in [2.24, 2.45) is 0 Å². The molecule has 0 spiro atoms. The third kappa shape index (κ3) is 3.59. The van der Waals surface area contributed by atoms with Crippen molar-refractivity contribution in [3.05, 3.63) is 78.5 Å². The SMILES string of the molecule is COc1ccccc1/C=C/C(=O)Nc1nc2nccc(-c3ccccc3)n2n1. The Morgan fingerprint density at radius 1 is 1.07 bits per heavy atom. The molecule has 0 atom stereocenters. The van der Waals surface area contributed by atoms with Gasteiger partial charge in [0.2, 0.25) is 0 Å². The standard InChI is InChI=1S/C21H17N5O2/c1-28-18-10-6-5-9-16(18)11-12-19(27)23-20-24-21-22-14-13-17(26(21)25-20)15-7-3-2-4-8-15/h2-14H,1H3,(H,23,25,27)/b12-11+. The predicted octanol–water partition coefficient (Wildman–Crippen LogP) is 3.45. The van der Waals surface area contributed by atoms with Gasteiger partial charge in [0, 0.05) is 23.4 Å². The summed E-state index contributed by atoms with van der Waals surface area (Å²) < 4.78 is 6.88. The lowest BCUT2D eigenvalue weighted by atomic mass is 10.1. The van der Waals surface area contributed by atoms with Crippen LogP contribution in [0.5, 0.6) is 5.75 Å². The Labute approximate surface area is 161 Å². The number of rotatable bonds is 5. The summed E-state index contributed by atoms with van der Waals surface area (Å²) in [7, 11) is 1.59. The molecule has 1 N–H and O–H groups in total. The quantitative estimate of drug-likeness (QED) is 0.544. The van der Waals surface area contributed by atoms with E-state index in [0.717, 1.165) is 16.8 Å². The molecule has 2 aromatic heterocycles. The van der Waals surface area contributed by atoms with Crippen molar-refractivity contribution in [2.75, 3.05) is 12.4 Å². The van der Waals surface area contributed by atoms with Crippen LogP contribution in [-0.4, -0.2) is 32.6 Å². The van der Waals surface area contributed by atoms with Crippen molar-refractivity contribution in [3.63, 3.8) is 0 Å². The van der Waals surface area contributed by atoms with Gasteiger partial charge in [0.1, 0.15) is 5.75 Å². The summed E-state index contributed by atoms with van der Waals surface area (Å²) >= 11 is 0. The molecule has 7 nitrogen and oxygen atoms in total. The maximum atomic E-state index is 12.3. The summed E-state index contributed by atoms with van der Waals surface area (Å²) in [5, 5.41) is 7.04. The molecule has 4 rings (SSSR count). The van der Waals surface area contributed by atoms with Crippen molar-refractivity contribution in [1.29, 1.82) is 0 Å². The van der Waals surface area contributed by atoms with Crippen LogP contribution < -0.4 is 10.1 Å². The van der Waals surface area contributed by atoms with Crippen LogP contribution in [0.1, 0.15) is 5.56 Å². The van der Waals surface area contributed by atoms with E-state index >= 15 is 0 Å². The summed E-state index contributed by atoms with van der Waals surface area (Å²) in [6.45, 7) is 0.